The van der Waals surface area contributed by atoms with E-state index in [0.717, 1.165) is 23.8 Å². The molecule has 0 radical (unpaired) electrons. The molecule has 0 spiro atoms. The highest BCUT2D eigenvalue weighted by molar-refractivity contribution is 5.54. The van der Waals surface area contributed by atoms with Gasteiger partial charge in [0.25, 0.3) is 0 Å². The zero-order chi connectivity index (χ0) is 14.4. The number of nitrogens with zero attached hydrogens (tertiary/aromatic N) is 1. The first kappa shape index (κ1) is 15.2. The Morgan fingerprint density at radius 3 is 2.95 bits per heavy atom. The molecule has 3 heteroatoms. The molecule has 1 atom stereocenters. The molecule has 112 valence electrons. The van der Waals surface area contributed by atoms with Crippen molar-refractivity contribution in [2.24, 2.45) is 5.92 Å². The summed E-state index contributed by atoms with van der Waals surface area (Å²) in [6.07, 6.45) is 5.06. The topological polar surface area (TPSA) is 38.5 Å². The third-order valence-corrected chi connectivity index (χ3v) is 4.05. The molecule has 1 aliphatic heterocycles. The van der Waals surface area contributed by atoms with Crippen molar-refractivity contribution >= 4 is 5.69 Å². The number of benzene rings is 1. The normalized spacial score (nSPS) is 20.0. The van der Waals surface area contributed by atoms with E-state index in [9.17, 15) is 0 Å². The van der Waals surface area contributed by atoms with Crippen LogP contribution in [0.2, 0.25) is 0 Å². The van der Waals surface area contributed by atoms with E-state index >= 15 is 0 Å². The van der Waals surface area contributed by atoms with E-state index in [1.165, 1.54) is 44.5 Å². The summed E-state index contributed by atoms with van der Waals surface area (Å²) in [6.45, 7) is 8.75. The second-order valence-corrected chi connectivity index (χ2v) is 5.96. The monoisotopic (exact) mass is 276 g/mol. The van der Waals surface area contributed by atoms with E-state index in [1.807, 2.05) is 13.0 Å². The van der Waals surface area contributed by atoms with Gasteiger partial charge in [-0.2, -0.15) is 0 Å². The minimum Gasteiger partial charge on any atom is -0.492 e. The second kappa shape index (κ2) is 7.53. The predicted molar refractivity (Wildman–Crippen MR) is 85.2 cm³/mol. The van der Waals surface area contributed by atoms with Crippen molar-refractivity contribution < 1.29 is 4.74 Å². The van der Waals surface area contributed by atoms with E-state index < -0.39 is 0 Å². The summed E-state index contributed by atoms with van der Waals surface area (Å²) in [5.41, 5.74) is 8.08. The number of anilines is 1. The molecule has 0 saturated carbocycles. The Morgan fingerprint density at radius 1 is 1.40 bits per heavy atom. The molecule has 0 bridgehead atoms. The van der Waals surface area contributed by atoms with Gasteiger partial charge in [-0.25, -0.2) is 0 Å². The number of rotatable bonds is 6. The molecule has 0 aromatic heterocycles. The molecule has 1 aliphatic rings. The maximum absolute atomic E-state index is 6.00. The van der Waals surface area contributed by atoms with Crippen LogP contribution in [-0.2, 0) is 6.42 Å². The van der Waals surface area contributed by atoms with Crippen molar-refractivity contribution in [3.8, 4) is 5.75 Å². The standard InChI is InChI=1S/C17H28N2O/c1-3-20-17-9-8-15(12-16(17)18)7-5-11-19-10-4-6-14(2)13-19/h8-9,12,14H,3-7,10-11,13,18H2,1-2H3. The van der Waals surface area contributed by atoms with E-state index in [1.54, 1.807) is 0 Å². The molecule has 1 heterocycles. The molecule has 1 unspecified atom stereocenters. The minimum atomic E-state index is 0.663. The molecule has 1 aromatic carbocycles. The largest absolute Gasteiger partial charge is 0.492 e. The molecular formula is C17H28N2O. The fourth-order valence-electron chi connectivity index (χ4n) is 3.04. The number of aryl methyl sites for hydroxylation is 1. The first-order chi connectivity index (χ1) is 9.69. The van der Waals surface area contributed by atoms with Crippen molar-refractivity contribution in [2.75, 3.05) is 32.0 Å². The molecule has 2 N–H and O–H groups in total. The fourth-order valence-corrected chi connectivity index (χ4v) is 3.04. The second-order valence-electron chi connectivity index (χ2n) is 5.96. The average molecular weight is 276 g/mol. The molecule has 2 rings (SSSR count). The van der Waals surface area contributed by atoms with Gasteiger partial charge >= 0.3 is 0 Å². The van der Waals surface area contributed by atoms with Crippen molar-refractivity contribution in [2.45, 2.75) is 39.5 Å². The van der Waals surface area contributed by atoms with Crippen molar-refractivity contribution in [3.05, 3.63) is 23.8 Å². The van der Waals surface area contributed by atoms with Gasteiger partial charge in [0.1, 0.15) is 5.75 Å². The molecule has 1 aromatic rings. The molecule has 20 heavy (non-hydrogen) atoms. The van der Waals surface area contributed by atoms with Crippen LogP contribution in [0.5, 0.6) is 5.75 Å². The number of hydrogen-bond donors (Lipinski definition) is 1. The summed E-state index contributed by atoms with van der Waals surface area (Å²) in [4.78, 5) is 2.60. The zero-order valence-corrected chi connectivity index (χ0v) is 12.9. The summed E-state index contributed by atoms with van der Waals surface area (Å²) in [6, 6.07) is 6.20. The van der Waals surface area contributed by atoms with Gasteiger partial charge in [-0.15, -0.1) is 0 Å². The Kier molecular flexibility index (Phi) is 5.72. The van der Waals surface area contributed by atoms with Gasteiger partial charge in [-0.3, -0.25) is 0 Å². The predicted octanol–water partition coefficient (Wildman–Crippen LogP) is 3.33. The maximum Gasteiger partial charge on any atom is 0.142 e. The van der Waals surface area contributed by atoms with Crippen LogP contribution in [0.4, 0.5) is 5.69 Å². The summed E-state index contributed by atoms with van der Waals surface area (Å²) < 4.78 is 5.47. The first-order valence-electron chi connectivity index (χ1n) is 7.92. The molecule has 3 nitrogen and oxygen atoms in total. The number of nitrogen functional groups attached to an aromatic ring is 1. The van der Waals surface area contributed by atoms with Crippen LogP contribution in [0.1, 0.15) is 38.7 Å². The first-order valence-corrected chi connectivity index (χ1v) is 7.92. The lowest BCUT2D eigenvalue weighted by Gasteiger charge is -2.30. The third-order valence-electron chi connectivity index (χ3n) is 4.05. The van der Waals surface area contributed by atoms with Gasteiger partial charge in [0.05, 0.1) is 12.3 Å². The maximum atomic E-state index is 6.00. The van der Waals surface area contributed by atoms with Gasteiger partial charge < -0.3 is 15.4 Å². The van der Waals surface area contributed by atoms with Gasteiger partial charge in [0.2, 0.25) is 0 Å². The number of likely N-dealkylation sites (tertiary alicyclic amines) is 1. The van der Waals surface area contributed by atoms with E-state index in [2.05, 4.69) is 24.0 Å². The molecule has 1 saturated heterocycles. The SMILES string of the molecule is CCOc1ccc(CCCN2CCCC(C)C2)cc1N. The Bertz CT molecular complexity index is 419. The zero-order valence-electron chi connectivity index (χ0n) is 12.9. The van der Waals surface area contributed by atoms with Crippen LogP contribution in [0.3, 0.4) is 0 Å². The van der Waals surface area contributed by atoms with Crippen LogP contribution in [0, 0.1) is 5.92 Å². The fraction of sp³-hybridized carbons (Fsp3) is 0.647. The van der Waals surface area contributed by atoms with Crippen LogP contribution < -0.4 is 10.5 Å². The summed E-state index contributed by atoms with van der Waals surface area (Å²) >= 11 is 0. The van der Waals surface area contributed by atoms with Crippen molar-refractivity contribution in [3.63, 3.8) is 0 Å². The lowest BCUT2D eigenvalue weighted by Crippen LogP contribution is -2.35. The van der Waals surface area contributed by atoms with Gasteiger partial charge in [-0.05, 0) is 69.3 Å². The summed E-state index contributed by atoms with van der Waals surface area (Å²) in [5, 5.41) is 0. The lowest BCUT2D eigenvalue weighted by atomic mass is 10.00. The third kappa shape index (κ3) is 4.41. The summed E-state index contributed by atoms with van der Waals surface area (Å²) in [7, 11) is 0. The lowest BCUT2D eigenvalue weighted by molar-refractivity contribution is 0.182. The number of piperidine rings is 1. The highest BCUT2D eigenvalue weighted by atomic mass is 16.5. The number of ether oxygens (including phenoxy) is 1. The van der Waals surface area contributed by atoms with Crippen LogP contribution in [-0.4, -0.2) is 31.1 Å². The van der Waals surface area contributed by atoms with Crippen molar-refractivity contribution in [1.29, 1.82) is 0 Å². The van der Waals surface area contributed by atoms with Crippen molar-refractivity contribution in [1.82, 2.24) is 4.90 Å². The van der Waals surface area contributed by atoms with Crippen LogP contribution in [0.25, 0.3) is 0 Å². The minimum absolute atomic E-state index is 0.663. The Morgan fingerprint density at radius 2 is 2.25 bits per heavy atom. The number of nitrogens with two attached hydrogens (primary N) is 1. The van der Waals surface area contributed by atoms with Gasteiger partial charge in [0.15, 0.2) is 0 Å². The average Bonchev–Trinajstić information content (AvgIpc) is 2.42. The van der Waals surface area contributed by atoms with E-state index in [0.29, 0.717) is 6.61 Å². The van der Waals surface area contributed by atoms with Gasteiger partial charge in [0, 0.05) is 6.54 Å². The summed E-state index contributed by atoms with van der Waals surface area (Å²) in [5.74, 6) is 1.67. The van der Waals surface area contributed by atoms with E-state index in [4.69, 9.17) is 10.5 Å². The van der Waals surface area contributed by atoms with Crippen LogP contribution >= 0.6 is 0 Å². The molecule has 0 amide bonds. The molecule has 1 fully saturated rings. The Hall–Kier alpha value is -1.22. The quantitative estimate of drug-likeness (QED) is 0.810. The molecular weight excluding hydrogens is 248 g/mol. The Balaban J connectivity index is 1.77. The Labute approximate surface area is 123 Å². The number of hydrogen-bond acceptors (Lipinski definition) is 3. The van der Waals surface area contributed by atoms with Crippen LogP contribution in [0.15, 0.2) is 18.2 Å². The smallest absolute Gasteiger partial charge is 0.142 e. The van der Waals surface area contributed by atoms with Gasteiger partial charge in [-0.1, -0.05) is 13.0 Å². The van der Waals surface area contributed by atoms with E-state index in [-0.39, 0.29) is 0 Å². The molecule has 0 aliphatic carbocycles. The highest BCUT2D eigenvalue weighted by Gasteiger charge is 2.15. The highest BCUT2D eigenvalue weighted by Crippen LogP contribution is 2.23.